The highest BCUT2D eigenvalue weighted by atomic mass is 19.4. The van der Waals surface area contributed by atoms with Crippen LogP contribution in [0.2, 0.25) is 0 Å². The predicted octanol–water partition coefficient (Wildman–Crippen LogP) is 3.35. The van der Waals surface area contributed by atoms with Gasteiger partial charge in [0.1, 0.15) is 0 Å². The highest BCUT2D eigenvalue weighted by molar-refractivity contribution is 5.19. The molecular formula is C9H9F3. The maximum absolute atomic E-state index is 12.1. The third-order valence-electron chi connectivity index (χ3n) is 1.79. The SMILES string of the molecule is CC(c1ccccc1)C(F)(F)F. The van der Waals surface area contributed by atoms with E-state index in [4.69, 9.17) is 0 Å². The minimum atomic E-state index is -4.14. The maximum atomic E-state index is 12.1. The molecule has 12 heavy (non-hydrogen) atoms. The quantitative estimate of drug-likeness (QED) is 0.612. The summed E-state index contributed by atoms with van der Waals surface area (Å²) in [5.74, 6) is -1.38. The fourth-order valence-electron chi connectivity index (χ4n) is 0.931. The maximum Gasteiger partial charge on any atom is 0.395 e. The van der Waals surface area contributed by atoms with Crippen molar-refractivity contribution in [3.05, 3.63) is 35.9 Å². The Morgan fingerprint density at radius 3 is 2.00 bits per heavy atom. The first kappa shape index (κ1) is 9.10. The van der Waals surface area contributed by atoms with E-state index in [9.17, 15) is 13.2 Å². The average Bonchev–Trinajstić information content (AvgIpc) is 2.03. The van der Waals surface area contributed by atoms with Crippen molar-refractivity contribution in [2.75, 3.05) is 0 Å². The molecule has 0 saturated carbocycles. The molecule has 0 radical (unpaired) electrons. The lowest BCUT2D eigenvalue weighted by atomic mass is 10.0. The third kappa shape index (κ3) is 2.00. The molecule has 0 nitrogen and oxygen atoms in total. The van der Waals surface area contributed by atoms with Gasteiger partial charge in [0.25, 0.3) is 0 Å². The zero-order valence-electron chi connectivity index (χ0n) is 6.60. The fraction of sp³-hybridized carbons (Fsp3) is 0.333. The Balaban J connectivity index is 2.86. The van der Waals surface area contributed by atoms with Crippen LogP contribution in [0.5, 0.6) is 0 Å². The first-order chi connectivity index (χ1) is 5.52. The molecule has 0 amide bonds. The molecule has 1 aromatic carbocycles. The minimum Gasteiger partial charge on any atom is -0.170 e. The monoisotopic (exact) mass is 174 g/mol. The Bertz CT molecular complexity index is 238. The van der Waals surface area contributed by atoms with Gasteiger partial charge in [-0.2, -0.15) is 13.2 Å². The summed E-state index contributed by atoms with van der Waals surface area (Å²) >= 11 is 0. The molecule has 1 atom stereocenters. The summed E-state index contributed by atoms with van der Waals surface area (Å²) < 4.78 is 36.4. The number of alkyl halides is 3. The average molecular weight is 174 g/mol. The minimum absolute atomic E-state index is 0.310. The Kier molecular flexibility index (Phi) is 2.40. The van der Waals surface area contributed by atoms with Crippen LogP contribution in [-0.4, -0.2) is 6.18 Å². The van der Waals surface area contributed by atoms with Crippen molar-refractivity contribution >= 4 is 0 Å². The lowest BCUT2D eigenvalue weighted by Gasteiger charge is -2.15. The number of rotatable bonds is 1. The zero-order valence-corrected chi connectivity index (χ0v) is 6.60. The molecule has 1 unspecified atom stereocenters. The first-order valence-corrected chi connectivity index (χ1v) is 3.63. The van der Waals surface area contributed by atoms with E-state index in [1.165, 1.54) is 12.1 Å². The Morgan fingerprint density at radius 2 is 1.58 bits per heavy atom. The van der Waals surface area contributed by atoms with Crippen molar-refractivity contribution in [1.82, 2.24) is 0 Å². The second-order valence-electron chi connectivity index (χ2n) is 2.67. The fourth-order valence-corrected chi connectivity index (χ4v) is 0.931. The van der Waals surface area contributed by atoms with Crippen LogP contribution in [0.3, 0.4) is 0 Å². The molecule has 0 bridgehead atoms. The van der Waals surface area contributed by atoms with Gasteiger partial charge in [0.15, 0.2) is 0 Å². The van der Waals surface area contributed by atoms with Gasteiger partial charge in [-0.3, -0.25) is 0 Å². The van der Waals surface area contributed by atoms with Crippen LogP contribution in [0.4, 0.5) is 13.2 Å². The molecule has 0 aliphatic rings. The van der Waals surface area contributed by atoms with Gasteiger partial charge in [0.2, 0.25) is 0 Å². The van der Waals surface area contributed by atoms with Crippen molar-refractivity contribution in [2.45, 2.75) is 19.0 Å². The van der Waals surface area contributed by atoms with E-state index in [1.807, 2.05) is 0 Å². The van der Waals surface area contributed by atoms with Crippen LogP contribution in [0.1, 0.15) is 18.4 Å². The molecule has 0 fully saturated rings. The Morgan fingerprint density at radius 1 is 1.08 bits per heavy atom. The standard InChI is InChI=1S/C9H9F3/c1-7(9(10,11)12)8-5-3-2-4-6-8/h2-7H,1H3. The molecule has 0 N–H and O–H groups in total. The van der Waals surface area contributed by atoms with Crippen LogP contribution < -0.4 is 0 Å². The van der Waals surface area contributed by atoms with Crippen LogP contribution in [0, 0.1) is 0 Å². The summed E-state index contributed by atoms with van der Waals surface area (Å²) in [4.78, 5) is 0. The molecule has 0 saturated heterocycles. The van der Waals surface area contributed by atoms with E-state index < -0.39 is 12.1 Å². The van der Waals surface area contributed by atoms with E-state index in [1.54, 1.807) is 18.2 Å². The van der Waals surface area contributed by atoms with Gasteiger partial charge < -0.3 is 0 Å². The molecule has 0 aliphatic carbocycles. The van der Waals surface area contributed by atoms with Crippen molar-refractivity contribution < 1.29 is 13.2 Å². The van der Waals surface area contributed by atoms with Crippen LogP contribution in [-0.2, 0) is 0 Å². The topological polar surface area (TPSA) is 0 Å². The van der Waals surface area contributed by atoms with Gasteiger partial charge >= 0.3 is 6.18 Å². The van der Waals surface area contributed by atoms with Gasteiger partial charge in [-0.05, 0) is 12.5 Å². The molecular weight excluding hydrogens is 165 g/mol. The number of benzene rings is 1. The smallest absolute Gasteiger partial charge is 0.170 e. The Hall–Kier alpha value is -0.990. The molecule has 0 aromatic heterocycles. The molecule has 0 spiro atoms. The lowest BCUT2D eigenvalue weighted by molar-refractivity contribution is -0.146. The van der Waals surface area contributed by atoms with Crippen molar-refractivity contribution in [2.24, 2.45) is 0 Å². The van der Waals surface area contributed by atoms with Crippen LogP contribution >= 0.6 is 0 Å². The number of hydrogen-bond donors (Lipinski definition) is 0. The van der Waals surface area contributed by atoms with Crippen molar-refractivity contribution in [3.8, 4) is 0 Å². The number of hydrogen-bond acceptors (Lipinski definition) is 0. The van der Waals surface area contributed by atoms with Gasteiger partial charge in [0.05, 0.1) is 5.92 Å². The lowest BCUT2D eigenvalue weighted by Crippen LogP contribution is -2.17. The van der Waals surface area contributed by atoms with Crippen LogP contribution in [0.25, 0.3) is 0 Å². The highest BCUT2D eigenvalue weighted by Gasteiger charge is 2.36. The van der Waals surface area contributed by atoms with Gasteiger partial charge in [-0.25, -0.2) is 0 Å². The zero-order chi connectivity index (χ0) is 9.19. The molecule has 3 heteroatoms. The highest BCUT2D eigenvalue weighted by Crippen LogP contribution is 2.33. The van der Waals surface area contributed by atoms with Gasteiger partial charge in [-0.1, -0.05) is 30.3 Å². The third-order valence-corrected chi connectivity index (χ3v) is 1.79. The summed E-state index contributed by atoms with van der Waals surface area (Å²) in [7, 11) is 0. The Labute approximate surface area is 69.0 Å². The summed E-state index contributed by atoms with van der Waals surface area (Å²) in [5.41, 5.74) is 0.310. The van der Waals surface area contributed by atoms with Gasteiger partial charge in [0, 0.05) is 0 Å². The second-order valence-corrected chi connectivity index (χ2v) is 2.67. The van der Waals surface area contributed by atoms with E-state index >= 15 is 0 Å². The molecule has 1 aromatic rings. The summed E-state index contributed by atoms with van der Waals surface area (Å²) in [6.07, 6.45) is -4.14. The molecule has 0 aliphatic heterocycles. The molecule has 0 heterocycles. The largest absolute Gasteiger partial charge is 0.395 e. The van der Waals surface area contributed by atoms with E-state index in [-0.39, 0.29) is 0 Å². The van der Waals surface area contributed by atoms with Crippen molar-refractivity contribution in [3.63, 3.8) is 0 Å². The summed E-state index contributed by atoms with van der Waals surface area (Å²) in [5, 5.41) is 0. The first-order valence-electron chi connectivity index (χ1n) is 3.63. The van der Waals surface area contributed by atoms with Gasteiger partial charge in [-0.15, -0.1) is 0 Å². The van der Waals surface area contributed by atoms with E-state index in [2.05, 4.69) is 0 Å². The molecule has 1 rings (SSSR count). The van der Waals surface area contributed by atoms with E-state index in [0.29, 0.717) is 5.56 Å². The molecule has 66 valence electrons. The normalized spacial score (nSPS) is 14.3. The number of halogens is 3. The van der Waals surface area contributed by atoms with Crippen LogP contribution in [0.15, 0.2) is 30.3 Å². The van der Waals surface area contributed by atoms with E-state index in [0.717, 1.165) is 6.92 Å². The van der Waals surface area contributed by atoms with Crippen molar-refractivity contribution in [1.29, 1.82) is 0 Å². The summed E-state index contributed by atoms with van der Waals surface area (Å²) in [6, 6.07) is 7.89. The summed E-state index contributed by atoms with van der Waals surface area (Å²) in [6.45, 7) is 1.16. The second kappa shape index (κ2) is 3.17. The predicted molar refractivity (Wildman–Crippen MR) is 40.9 cm³/mol.